The summed E-state index contributed by atoms with van der Waals surface area (Å²) in [7, 11) is -3.12. The molecule has 1 amide bonds. The summed E-state index contributed by atoms with van der Waals surface area (Å²) in [6.07, 6.45) is -0.157. The Balaban J connectivity index is 3.08. The van der Waals surface area contributed by atoms with Crippen molar-refractivity contribution in [3.63, 3.8) is 0 Å². The molecule has 1 rings (SSSR count). The molecule has 0 fully saturated rings. The maximum absolute atomic E-state index is 11.6. The molecule has 20 heavy (non-hydrogen) atoms. The summed E-state index contributed by atoms with van der Waals surface area (Å²) in [4.78, 5) is 22.3. The number of benzene rings is 1. The number of methoxy groups -OCH3 is 1. The molecular weight excluding hydrogens is 286 g/mol. The zero-order valence-corrected chi connectivity index (χ0v) is 11.9. The van der Waals surface area contributed by atoms with Gasteiger partial charge in [0.2, 0.25) is 5.91 Å². The van der Waals surface area contributed by atoms with E-state index in [0.717, 1.165) is 6.07 Å². The van der Waals surface area contributed by atoms with Crippen LogP contribution in [0.5, 0.6) is 5.75 Å². The quantitative estimate of drug-likeness (QED) is 0.604. The average molecular weight is 301 g/mol. The van der Waals surface area contributed by atoms with Gasteiger partial charge >= 0.3 is 0 Å². The Labute approximate surface area is 116 Å². The number of amides is 1. The lowest BCUT2D eigenvalue weighted by Crippen LogP contribution is -2.17. The predicted molar refractivity (Wildman–Crippen MR) is 71.4 cm³/mol. The van der Waals surface area contributed by atoms with E-state index in [2.05, 4.69) is 5.32 Å². The number of hydrogen-bond donors (Lipinski definition) is 2. The molecule has 0 atom stereocenters. The van der Waals surface area contributed by atoms with Gasteiger partial charge in [-0.1, -0.05) is 6.92 Å². The van der Waals surface area contributed by atoms with Crippen LogP contribution in [0, 0.1) is 0 Å². The van der Waals surface area contributed by atoms with E-state index < -0.39 is 20.9 Å². The summed E-state index contributed by atoms with van der Waals surface area (Å²) in [5, 5.41) is 2.28. The molecule has 0 saturated carbocycles. The molecule has 0 unspecified atom stereocenters. The minimum Gasteiger partial charge on any atom is -0.497 e. The average Bonchev–Trinajstić information content (AvgIpc) is 2.36. The maximum atomic E-state index is 11.6. The van der Waals surface area contributed by atoms with Gasteiger partial charge in [-0.3, -0.25) is 14.1 Å². The lowest BCUT2D eigenvalue weighted by Gasteiger charge is -2.10. The number of ether oxygens (including phenoxy) is 1. The SMILES string of the molecule is CCC(=O)CC(=O)Nc1cc(OC)ccc1S(=O)(=O)O. The smallest absolute Gasteiger partial charge is 0.296 e. The van der Waals surface area contributed by atoms with Gasteiger partial charge in [-0.2, -0.15) is 8.42 Å². The van der Waals surface area contributed by atoms with E-state index in [9.17, 15) is 18.0 Å². The van der Waals surface area contributed by atoms with Gasteiger partial charge in [0.25, 0.3) is 10.1 Å². The Morgan fingerprint density at radius 3 is 2.50 bits per heavy atom. The summed E-state index contributed by atoms with van der Waals surface area (Å²) in [5.41, 5.74) is -0.138. The molecular formula is C12H15NO6S. The van der Waals surface area contributed by atoms with Gasteiger partial charge in [0.05, 0.1) is 19.2 Å². The Kier molecular flexibility index (Phi) is 5.23. The van der Waals surface area contributed by atoms with Crippen LogP contribution in [0.4, 0.5) is 5.69 Å². The summed E-state index contributed by atoms with van der Waals surface area (Å²) in [6.45, 7) is 1.62. The van der Waals surface area contributed by atoms with E-state index in [1.807, 2.05) is 0 Å². The lowest BCUT2D eigenvalue weighted by molar-refractivity contribution is -0.125. The van der Waals surface area contributed by atoms with Crippen LogP contribution >= 0.6 is 0 Å². The number of anilines is 1. The minimum absolute atomic E-state index is 0.138. The number of ketones is 1. The predicted octanol–water partition coefficient (Wildman–Crippen LogP) is 1.25. The summed E-state index contributed by atoms with van der Waals surface area (Å²) >= 11 is 0. The molecule has 7 nitrogen and oxygen atoms in total. The van der Waals surface area contributed by atoms with Crippen LogP contribution in [0.2, 0.25) is 0 Å². The fraction of sp³-hybridized carbons (Fsp3) is 0.333. The Morgan fingerprint density at radius 2 is 2.00 bits per heavy atom. The van der Waals surface area contributed by atoms with Crippen molar-refractivity contribution < 1.29 is 27.3 Å². The van der Waals surface area contributed by atoms with Crippen molar-refractivity contribution in [3.8, 4) is 5.75 Å². The molecule has 8 heteroatoms. The van der Waals surface area contributed by atoms with Gasteiger partial charge in [-0.15, -0.1) is 0 Å². The van der Waals surface area contributed by atoms with Gasteiger partial charge in [0, 0.05) is 12.5 Å². The van der Waals surface area contributed by atoms with Crippen molar-refractivity contribution in [1.82, 2.24) is 0 Å². The second-order valence-corrected chi connectivity index (χ2v) is 5.34. The third-order valence-corrected chi connectivity index (χ3v) is 3.40. The third kappa shape index (κ3) is 4.32. The molecule has 0 spiro atoms. The van der Waals surface area contributed by atoms with Crippen molar-refractivity contribution in [2.24, 2.45) is 0 Å². The molecule has 1 aromatic carbocycles. The van der Waals surface area contributed by atoms with Crippen molar-refractivity contribution in [3.05, 3.63) is 18.2 Å². The normalized spacial score (nSPS) is 10.9. The van der Waals surface area contributed by atoms with Crippen LogP contribution in [-0.2, 0) is 19.7 Å². The second kappa shape index (κ2) is 6.49. The van der Waals surface area contributed by atoms with E-state index in [0.29, 0.717) is 5.75 Å². The Bertz CT molecular complexity index is 623. The van der Waals surface area contributed by atoms with Crippen LogP contribution < -0.4 is 10.1 Å². The van der Waals surface area contributed by atoms with E-state index >= 15 is 0 Å². The summed E-state index contributed by atoms with van der Waals surface area (Å²) in [5.74, 6) is -0.636. The van der Waals surface area contributed by atoms with Crippen molar-refractivity contribution in [2.75, 3.05) is 12.4 Å². The third-order valence-electron chi connectivity index (χ3n) is 2.49. The van der Waals surface area contributed by atoms with Crippen LogP contribution in [0.15, 0.2) is 23.1 Å². The van der Waals surface area contributed by atoms with Crippen molar-refractivity contribution in [1.29, 1.82) is 0 Å². The highest BCUT2D eigenvalue weighted by atomic mass is 32.2. The van der Waals surface area contributed by atoms with Gasteiger partial charge in [0.15, 0.2) is 0 Å². The first-order valence-corrected chi connectivity index (χ1v) is 7.19. The maximum Gasteiger partial charge on any atom is 0.296 e. The highest BCUT2D eigenvalue weighted by Crippen LogP contribution is 2.26. The number of carbonyl (C=O) groups is 2. The highest BCUT2D eigenvalue weighted by molar-refractivity contribution is 7.86. The van der Waals surface area contributed by atoms with Crippen LogP contribution in [0.25, 0.3) is 0 Å². The first-order chi connectivity index (χ1) is 9.27. The molecule has 0 aliphatic carbocycles. The Morgan fingerprint density at radius 1 is 1.35 bits per heavy atom. The standard InChI is InChI=1S/C12H15NO6S/c1-3-8(14)6-12(15)13-10-7-9(19-2)4-5-11(10)20(16,17)18/h4-5,7H,3,6H2,1-2H3,(H,13,15)(H,16,17,18). The zero-order chi connectivity index (χ0) is 15.3. The molecule has 0 aliphatic heterocycles. The number of rotatable bonds is 6. The van der Waals surface area contributed by atoms with Gasteiger partial charge in [0.1, 0.15) is 16.4 Å². The minimum atomic E-state index is -4.49. The number of carbonyl (C=O) groups excluding carboxylic acids is 2. The number of hydrogen-bond acceptors (Lipinski definition) is 5. The molecule has 0 aromatic heterocycles. The number of Topliss-reactive ketones (excluding diaryl/α,β-unsaturated/α-hetero) is 1. The monoisotopic (exact) mass is 301 g/mol. The highest BCUT2D eigenvalue weighted by Gasteiger charge is 2.18. The van der Waals surface area contributed by atoms with Crippen LogP contribution in [-0.4, -0.2) is 31.8 Å². The lowest BCUT2D eigenvalue weighted by atomic mass is 10.2. The first kappa shape index (κ1) is 16.1. The van der Waals surface area contributed by atoms with E-state index in [4.69, 9.17) is 9.29 Å². The Hall–Kier alpha value is -1.93. The number of nitrogens with one attached hydrogen (secondary N) is 1. The molecule has 110 valence electrons. The van der Waals surface area contributed by atoms with Gasteiger partial charge < -0.3 is 10.1 Å². The molecule has 0 radical (unpaired) electrons. The van der Waals surface area contributed by atoms with Crippen molar-refractivity contribution >= 4 is 27.5 Å². The molecule has 1 aromatic rings. The topological polar surface area (TPSA) is 110 Å². The molecule has 0 heterocycles. The zero-order valence-electron chi connectivity index (χ0n) is 11.0. The second-order valence-electron chi connectivity index (χ2n) is 3.95. The fourth-order valence-electron chi connectivity index (χ4n) is 1.46. The summed E-state index contributed by atoms with van der Waals surface area (Å²) in [6, 6.07) is 3.68. The van der Waals surface area contributed by atoms with E-state index in [1.165, 1.54) is 19.2 Å². The largest absolute Gasteiger partial charge is 0.497 e. The fourth-order valence-corrected chi connectivity index (χ4v) is 2.09. The first-order valence-electron chi connectivity index (χ1n) is 5.75. The summed E-state index contributed by atoms with van der Waals surface area (Å²) < 4.78 is 36.4. The van der Waals surface area contributed by atoms with Gasteiger partial charge in [-0.25, -0.2) is 0 Å². The molecule has 0 saturated heterocycles. The van der Waals surface area contributed by atoms with Crippen LogP contribution in [0.3, 0.4) is 0 Å². The molecule has 2 N–H and O–H groups in total. The van der Waals surface area contributed by atoms with Gasteiger partial charge in [-0.05, 0) is 12.1 Å². The molecule has 0 aliphatic rings. The molecule has 0 bridgehead atoms. The van der Waals surface area contributed by atoms with Crippen molar-refractivity contribution in [2.45, 2.75) is 24.7 Å². The van der Waals surface area contributed by atoms with Crippen LogP contribution in [0.1, 0.15) is 19.8 Å². The van der Waals surface area contributed by atoms with E-state index in [-0.39, 0.29) is 24.3 Å². The van der Waals surface area contributed by atoms with E-state index in [1.54, 1.807) is 6.92 Å².